The number of methoxy groups -OCH3 is 2. The normalized spacial score (nSPS) is 13.4. The number of benzene rings is 1. The molecule has 25 heavy (non-hydrogen) atoms. The second-order valence-electron chi connectivity index (χ2n) is 6.71. The molecular formula is C18H28N2O5. The lowest BCUT2D eigenvalue weighted by atomic mass is 10.1. The molecule has 0 aliphatic rings. The predicted molar refractivity (Wildman–Crippen MR) is 94.9 cm³/mol. The second kappa shape index (κ2) is 8.60. The summed E-state index contributed by atoms with van der Waals surface area (Å²) in [6.45, 7) is 8.73. The van der Waals surface area contributed by atoms with Gasteiger partial charge in [-0.1, -0.05) is 6.07 Å². The molecule has 2 amide bonds. The number of carbonyl (C=O) groups excluding carboxylic acids is 2. The van der Waals surface area contributed by atoms with Crippen LogP contribution in [0.2, 0.25) is 0 Å². The van der Waals surface area contributed by atoms with Gasteiger partial charge < -0.3 is 24.8 Å². The first-order valence-corrected chi connectivity index (χ1v) is 8.09. The van der Waals surface area contributed by atoms with Crippen molar-refractivity contribution in [1.29, 1.82) is 0 Å². The van der Waals surface area contributed by atoms with Crippen molar-refractivity contribution < 1.29 is 23.8 Å². The molecule has 140 valence electrons. The van der Waals surface area contributed by atoms with Crippen LogP contribution < -0.4 is 20.1 Å². The van der Waals surface area contributed by atoms with Gasteiger partial charge in [-0.15, -0.1) is 0 Å². The number of nitrogens with one attached hydrogen (secondary N) is 2. The van der Waals surface area contributed by atoms with Gasteiger partial charge in [-0.25, -0.2) is 4.79 Å². The summed E-state index contributed by atoms with van der Waals surface area (Å²) in [5.74, 6) is 0.888. The maximum atomic E-state index is 12.3. The van der Waals surface area contributed by atoms with E-state index in [1.807, 2.05) is 13.0 Å². The Morgan fingerprint density at radius 1 is 1.00 bits per heavy atom. The Bertz CT molecular complexity index is 610. The molecule has 7 heteroatoms. The molecule has 1 aromatic carbocycles. The lowest BCUT2D eigenvalue weighted by Gasteiger charge is -2.23. The highest BCUT2D eigenvalue weighted by Gasteiger charge is 2.22. The predicted octanol–water partition coefficient (Wildman–Crippen LogP) is 2.79. The Morgan fingerprint density at radius 2 is 1.60 bits per heavy atom. The Hall–Kier alpha value is -2.44. The van der Waals surface area contributed by atoms with E-state index in [4.69, 9.17) is 14.2 Å². The lowest BCUT2D eigenvalue weighted by Crippen LogP contribution is -2.47. The fourth-order valence-corrected chi connectivity index (χ4v) is 2.09. The number of rotatable bonds is 6. The van der Waals surface area contributed by atoms with Crippen LogP contribution in [0.5, 0.6) is 11.5 Å². The minimum Gasteiger partial charge on any atom is -0.493 e. The van der Waals surface area contributed by atoms with Gasteiger partial charge in [0.2, 0.25) is 5.91 Å². The minimum absolute atomic E-state index is 0.268. The molecule has 0 fully saturated rings. The zero-order valence-corrected chi connectivity index (χ0v) is 15.9. The van der Waals surface area contributed by atoms with Crippen molar-refractivity contribution in [3.05, 3.63) is 23.8 Å². The van der Waals surface area contributed by atoms with E-state index < -0.39 is 17.7 Å². The van der Waals surface area contributed by atoms with Gasteiger partial charge in [0.25, 0.3) is 0 Å². The lowest BCUT2D eigenvalue weighted by molar-refractivity contribution is -0.123. The summed E-state index contributed by atoms with van der Waals surface area (Å²) in [5, 5.41) is 5.36. The van der Waals surface area contributed by atoms with E-state index in [0.717, 1.165) is 5.56 Å². The Kier molecular flexibility index (Phi) is 7.09. The van der Waals surface area contributed by atoms with Crippen molar-refractivity contribution in [2.24, 2.45) is 0 Å². The van der Waals surface area contributed by atoms with Crippen LogP contribution in [0.4, 0.5) is 4.79 Å². The molecule has 0 heterocycles. The molecule has 0 saturated heterocycles. The largest absolute Gasteiger partial charge is 0.493 e. The summed E-state index contributed by atoms with van der Waals surface area (Å²) in [6.07, 6.45) is -0.631. The van der Waals surface area contributed by atoms with Crippen molar-refractivity contribution in [3.63, 3.8) is 0 Å². The molecule has 0 aromatic heterocycles. The van der Waals surface area contributed by atoms with Crippen LogP contribution in [0.15, 0.2) is 18.2 Å². The molecule has 0 saturated carbocycles. The van der Waals surface area contributed by atoms with E-state index in [2.05, 4.69) is 10.6 Å². The van der Waals surface area contributed by atoms with Crippen LogP contribution in [0.25, 0.3) is 0 Å². The highest BCUT2D eigenvalue weighted by molar-refractivity contribution is 5.85. The first-order chi connectivity index (χ1) is 11.6. The van der Waals surface area contributed by atoms with Crippen molar-refractivity contribution in [1.82, 2.24) is 10.6 Å². The number of ether oxygens (including phenoxy) is 3. The number of alkyl carbamates (subject to hydrolysis) is 1. The molecule has 2 N–H and O–H groups in total. The van der Waals surface area contributed by atoms with Crippen molar-refractivity contribution in [2.75, 3.05) is 14.2 Å². The monoisotopic (exact) mass is 352 g/mol. The van der Waals surface area contributed by atoms with Crippen LogP contribution in [-0.4, -0.2) is 37.9 Å². The number of hydrogen-bond acceptors (Lipinski definition) is 5. The summed E-state index contributed by atoms with van der Waals surface area (Å²) >= 11 is 0. The van der Waals surface area contributed by atoms with Gasteiger partial charge in [0.15, 0.2) is 11.5 Å². The number of amides is 2. The van der Waals surface area contributed by atoms with Gasteiger partial charge in [0.1, 0.15) is 11.6 Å². The van der Waals surface area contributed by atoms with E-state index in [1.165, 1.54) is 0 Å². The Morgan fingerprint density at radius 3 is 2.12 bits per heavy atom. The molecule has 0 aliphatic carbocycles. The molecule has 0 radical (unpaired) electrons. The second-order valence-corrected chi connectivity index (χ2v) is 6.71. The topological polar surface area (TPSA) is 85.9 Å². The molecule has 1 aromatic rings. The van der Waals surface area contributed by atoms with E-state index in [0.29, 0.717) is 11.5 Å². The average Bonchev–Trinajstić information content (AvgIpc) is 2.51. The molecule has 2 unspecified atom stereocenters. The third-order valence-electron chi connectivity index (χ3n) is 3.39. The first-order valence-electron chi connectivity index (χ1n) is 8.09. The average molecular weight is 352 g/mol. The maximum Gasteiger partial charge on any atom is 0.408 e. The fourth-order valence-electron chi connectivity index (χ4n) is 2.09. The van der Waals surface area contributed by atoms with Crippen molar-refractivity contribution in [2.45, 2.75) is 52.3 Å². The fraction of sp³-hybridized carbons (Fsp3) is 0.556. The van der Waals surface area contributed by atoms with E-state index in [-0.39, 0.29) is 11.9 Å². The van der Waals surface area contributed by atoms with Crippen molar-refractivity contribution in [3.8, 4) is 11.5 Å². The Balaban J connectivity index is 2.68. The minimum atomic E-state index is -0.725. The smallest absolute Gasteiger partial charge is 0.408 e. The number of carbonyl (C=O) groups is 2. The number of hydrogen-bond donors (Lipinski definition) is 2. The zero-order valence-electron chi connectivity index (χ0n) is 15.9. The molecule has 1 rings (SSSR count). The maximum absolute atomic E-state index is 12.3. The van der Waals surface area contributed by atoms with Gasteiger partial charge in [-0.05, 0) is 52.3 Å². The van der Waals surface area contributed by atoms with Crippen LogP contribution in [0, 0.1) is 0 Å². The third-order valence-corrected chi connectivity index (χ3v) is 3.39. The molecule has 2 atom stereocenters. The quantitative estimate of drug-likeness (QED) is 0.822. The van der Waals surface area contributed by atoms with Gasteiger partial charge in [-0.2, -0.15) is 0 Å². The van der Waals surface area contributed by atoms with Gasteiger partial charge in [0.05, 0.1) is 20.3 Å². The molecule has 0 spiro atoms. The third kappa shape index (κ3) is 6.52. The Labute approximate surface area is 149 Å². The standard InChI is InChI=1S/C18H28N2O5/c1-11(13-8-9-14(23-6)15(10-13)24-7)19-16(21)12(2)20-17(22)25-18(3,4)5/h8-12H,1-7H3,(H,19,21)(H,20,22). The van der Waals surface area contributed by atoms with Gasteiger partial charge in [-0.3, -0.25) is 4.79 Å². The van der Waals surface area contributed by atoms with Gasteiger partial charge >= 0.3 is 6.09 Å². The van der Waals surface area contributed by atoms with E-state index in [1.54, 1.807) is 54.0 Å². The van der Waals surface area contributed by atoms with Crippen molar-refractivity contribution >= 4 is 12.0 Å². The van der Waals surface area contributed by atoms with Gasteiger partial charge in [0, 0.05) is 0 Å². The SMILES string of the molecule is COc1ccc(C(C)NC(=O)C(C)NC(=O)OC(C)(C)C)cc1OC. The highest BCUT2D eigenvalue weighted by Crippen LogP contribution is 2.29. The molecular weight excluding hydrogens is 324 g/mol. The molecule has 0 bridgehead atoms. The highest BCUT2D eigenvalue weighted by atomic mass is 16.6. The summed E-state index contributed by atoms with van der Waals surface area (Å²) in [5.41, 5.74) is 0.239. The van der Waals surface area contributed by atoms with Crippen LogP contribution >= 0.6 is 0 Å². The first kappa shape index (κ1) is 20.6. The van der Waals surface area contributed by atoms with Crippen LogP contribution in [0.1, 0.15) is 46.2 Å². The summed E-state index contributed by atoms with van der Waals surface area (Å²) < 4.78 is 15.6. The summed E-state index contributed by atoms with van der Waals surface area (Å²) in [4.78, 5) is 24.0. The van der Waals surface area contributed by atoms with Crippen LogP contribution in [0.3, 0.4) is 0 Å². The van der Waals surface area contributed by atoms with Crippen LogP contribution in [-0.2, 0) is 9.53 Å². The molecule has 0 aliphatic heterocycles. The molecule has 7 nitrogen and oxygen atoms in total. The summed E-state index contributed by atoms with van der Waals surface area (Å²) in [6, 6.07) is 4.43. The summed E-state index contributed by atoms with van der Waals surface area (Å²) in [7, 11) is 3.12. The zero-order chi connectivity index (χ0) is 19.2. The van der Waals surface area contributed by atoms with E-state index in [9.17, 15) is 9.59 Å². The van der Waals surface area contributed by atoms with E-state index >= 15 is 0 Å².